The van der Waals surface area contributed by atoms with Gasteiger partial charge in [-0.25, -0.2) is 0 Å². The third-order valence-corrected chi connectivity index (χ3v) is 7.03. The molecule has 0 spiro atoms. The van der Waals surface area contributed by atoms with Gasteiger partial charge in [0.15, 0.2) is 0 Å². The van der Waals surface area contributed by atoms with Gasteiger partial charge in [-0.3, -0.25) is 0 Å². The van der Waals surface area contributed by atoms with Crippen LogP contribution in [-0.2, 0) is 10.2 Å². The largest absolute Gasteiger partial charge is 0.313 e. The Morgan fingerprint density at radius 1 is 1.14 bits per heavy atom. The Labute approximate surface area is 130 Å². The first-order valence-corrected chi connectivity index (χ1v) is 9.86. The predicted octanol–water partition coefficient (Wildman–Crippen LogP) is 1.82. The van der Waals surface area contributed by atoms with Gasteiger partial charge in [0.1, 0.15) is 0 Å². The van der Waals surface area contributed by atoms with Gasteiger partial charge >= 0.3 is 0 Å². The fraction of sp³-hybridized carbons (Fsp3) is 1.00. The van der Waals surface area contributed by atoms with Crippen LogP contribution in [0.2, 0.25) is 0 Å². The van der Waals surface area contributed by atoms with E-state index in [1.807, 2.05) is 0 Å². The van der Waals surface area contributed by atoms with Crippen LogP contribution in [0.25, 0.3) is 0 Å². The SMILES string of the molecule is CCNC(C)C1CCCCN1S(=O)(=O)N1CCC(C)CC1. The molecule has 124 valence electrons. The maximum absolute atomic E-state index is 13.0. The zero-order valence-corrected chi connectivity index (χ0v) is 14.5. The van der Waals surface area contributed by atoms with E-state index >= 15 is 0 Å². The summed E-state index contributed by atoms with van der Waals surface area (Å²) in [6.07, 6.45) is 5.06. The summed E-state index contributed by atoms with van der Waals surface area (Å²) in [5, 5.41) is 3.40. The van der Waals surface area contributed by atoms with E-state index in [9.17, 15) is 8.42 Å². The number of nitrogens with one attached hydrogen (secondary N) is 1. The fourth-order valence-corrected chi connectivity index (χ4v) is 5.50. The zero-order valence-electron chi connectivity index (χ0n) is 13.7. The average Bonchev–Trinajstić information content (AvgIpc) is 2.48. The molecule has 0 aromatic heterocycles. The maximum atomic E-state index is 13.0. The second-order valence-electron chi connectivity index (χ2n) is 6.61. The van der Waals surface area contributed by atoms with E-state index in [-0.39, 0.29) is 12.1 Å². The van der Waals surface area contributed by atoms with Crippen molar-refractivity contribution in [3.63, 3.8) is 0 Å². The molecule has 2 fully saturated rings. The highest BCUT2D eigenvalue weighted by molar-refractivity contribution is 7.86. The molecule has 2 aliphatic rings. The normalized spacial score (nSPS) is 28.6. The van der Waals surface area contributed by atoms with E-state index in [1.54, 1.807) is 8.61 Å². The molecule has 0 aromatic rings. The van der Waals surface area contributed by atoms with Gasteiger partial charge in [-0.15, -0.1) is 0 Å². The molecule has 2 unspecified atom stereocenters. The molecular formula is C15H31N3O2S. The minimum Gasteiger partial charge on any atom is -0.313 e. The Morgan fingerprint density at radius 3 is 2.43 bits per heavy atom. The first-order chi connectivity index (χ1) is 9.96. The smallest absolute Gasteiger partial charge is 0.282 e. The van der Waals surface area contributed by atoms with Crippen LogP contribution < -0.4 is 5.32 Å². The van der Waals surface area contributed by atoms with Gasteiger partial charge in [0, 0.05) is 31.7 Å². The lowest BCUT2D eigenvalue weighted by Crippen LogP contribution is -2.57. The molecule has 0 aromatic carbocycles. The van der Waals surface area contributed by atoms with Gasteiger partial charge in [-0.2, -0.15) is 17.0 Å². The second-order valence-corrected chi connectivity index (χ2v) is 8.49. The van der Waals surface area contributed by atoms with Gasteiger partial charge in [-0.1, -0.05) is 20.3 Å². The van der Waals surface area contributed by atoms with Crippen LogP contribution in [0, 0.1) is 5.92 Å². The Kier molecular flexibility index (Phi) is 6.05. The highest BCUT2D eigenvalue weighted by Crippen LogP contribution is 2.27. The summed E-state index contributed by atoms with van der Waals surface area (Å²) in [6.45, 7) is 9.32. The molecule has 2 rings (SSSR count). The molecule has 2 heterocycles. The second kappa shape index (κ2) is 7.40. The van der Waals surface area contributed by atoms with E-state index in [2.05, 4.69) is 26.1 Å². The van der Waals surface area contributed by atoms with Crippen molar-refractivity contribution < 1.29 is 8.42 Å². The summed E-state index contributed by atoms with van der Waals surface area (Å²) < 4.78 is 29.5. The van der Waals surface area contributed by atoms with Crippen molar-refractivity contribution in [1.82, 2.24) is 13.9 Å². The van der Waals surface area contributed by atoms with Crippen LogP contribution in [-0.4, -0.2) is 55.3 Å². The highest BCUT2D eigenvalue weighted by Gasteiger charge is 2.39. The van der Waals surface area contributed by atoms with Gasteiger partial charge < -0.3 is 5.32 Å². The van der Waals surface area contributed by atoms with Crippen LogP contribution in [0.1, 0.15) is 52.9 Å². The maximum Gasteiger partial charge on any atom is 0.282 e. The average molecular weight is 317 g/mol. The number of nitrogens with zero attached hydrogens (tertiary/aromatic N) is 2. The van der Waals surface area contributed by atoms with Crippen molar-refractivity contribution >= 4 is 10.2 Å². The molecule has 2 saturated heterocycles. The molecule has 6 heteroatoms. The lowest BCUT2D eigenvalue weighted by Gasteiger charge is -2.42. The molecule has 0 saturated carbocycles. The fourth-order valence-electron chi connectivity index (χ4n) is 3.54. The number of rotatable bonds is 5. The lowest BCUT2D eigenvalue weighted by molar-refractivity contribution is 0.186. The summed E-state index contributed by atoms with van der Waals surface area (Å²) in [5.41, 5.74) is 0. The van der Waals surface area contributed by atoms with E-state index in [4.69, 9.17) is 0 Å². The molecule has 0 aliphatic carbocycles. The topological polar surface area (TPSA) is 52.7 Å². The molecule has 2 atom stereocenters. The molecule has 2 aliphatic heterocycles. The van der Waals surface area contributed by atoms with Crippen molar-refractivity contribution in [3.05, 3.63) is 0 Å². The standard InChI is InChI=1S/C15H31N3O2S/c1-4-16-14(3)15-7-5-6-10-18(15)21(19,20)17-11-8-13(2)9-12-17/h13-16H,4-12H2,1-3H3. The van der Waals surface area contributed by atoms with Crippen molar-refractivity contribution in [2.24, 2.45) is 5.92 Å². The molecule has 21 heavy (non-hydrogen) atoms. The minimum atomic E-state index is -3.29. The van der Waals surface area contributed by atoms with E-state index in [0.717, 1.165) is 38.6 Å². The van der Waals surface area contributed by atoms with Crippen LogP contribution in [0.3, 0.4) is 0 Å². The van der Waals surface area contributed by atoms with Crippen molar-refractivity contribution in [2.75, 3.05) is 26.2 Å². The molecule has 5 nitrogen and oxygen atoms in total. The van der Waals surface area contributed by atoms with E-state index in [0.29, 0.717) is 25.6 Å². The van der Waals surface area contributed by atoms with Gasteiger partial charge in [-0.05, 0) is 45.1 Å². The summed E-state index contributed by atoms with van der Waals surface area (Å²) in [6, 6.07) is 0.317. The Balaban J connectivity index is 2.11. The van der Waals surface area contributed by atoms with Gasteiger partial charge in [0.25, 0.3) is 10.2 Å². The van der Waals surface area contributed by atoms with Gasteiger partial charge in [0.05, 0.1) is 0 Å². The van der Waals surface area contributed by atoms with Gasteiger partial charge in [0.2, 0.25) is 0 Å². The van der Waals surface area contributed by atoms with Crippen molar-refractivity contribution in [2.45, 2.75) is 65.0 Å². The molecular weight excluding hydrogens is 286 g/mol. The monoisotopic (exact) mass is 317 g/mol. The summed E-state index contributed by atoms with van der Waals surface area (Å²) >= 11 is 0. The third-order valence-electron chi connectivity index (χ3n) is 4.97. The van der Waals surface area contributed by atoms with Crippen LogP contribution in [0.5, 0.6) is 0 Å². The highest BCUT2D eigenvalue weighted by atomic mass is 32.2. The molecule has 0 amide bonds. The number of hydrogen-bond acceptors (Lipinski definition) is 3. The Bertz CT molecular complexity index is 419. The van der Waals surface area contributed by atoms with Crippen molar-refractivity contribution in [1.29, 1.82) is 0 Å². The summed E-state index contributed by atoms with van der Waals surface area (Å²) in [4.78, 5) is 0. The molecule has 1 N–H and O–H groups in total. The first kappa shape index (κ1) is 17.2. The number of hydrogen-bond donors (Lipinski definition) is 1. The molecule has 0 bridgehead atoms. The van der Waals surface area contributed by atoms with Crippen LogP contribution in [0.15, 0.2) is 0 Å². The van der Waals surface area contributed by atoms with Crippen molar-refractivity contribution in [3.8, 4) is 0 Å². The Morgan fingerprint density at radius 2 is 1.81 bits per heavy atom. The van der Waals surface area contributed by atoms with E-state index in [1.165, 1.54) is 0 Å². The minimum absolute atomic E-state index is 0.100. The lowest BCUT2D eigenvalue weighted by atomic mass is 9.99. The summed E-state index contributed by atoms with van der Waals surface area (Å²) in [5.74, 6) is 0.647. The third kappa shape index (κ3) is 3.97. The molecule has 0 radical (unpaired) electrons. The number of likely N-dealkylation sites (N-methyl/N-ethyl adjacent to an activating group) is 1. The summed E-state index contributed by atoms with van der Waals surface area (Å²) in [7, 11) is -3.29. The first-order valence-electron chi connectivity index (χ1n) is 8.47. The quantitative estimate of drug-likeness (QED) is 0.841. The van der Waals surface area contributed by atoms with E-state index < -0.39 is 10.2 Å². The predicted molar refractivity (Wildman–Crippen MR) is 86.4 cm³/mol. The number of piperidine rings is 2. The van der Waals surface area contributed by atoms with Crippen LogP contribution in [0.4, 0.5) is 0 Å². The zero-order chi connectivity index (χ0) is 15.5. The Hall–Kier alpha value is -0.170. The van der Waals surface area contributed by atoms with Crippen LogP contribution >= 0.6 is 0 Å².